The Hall–Kier alpha value is -1.62. The summed E-state index contributed by atoms with van der Waals surface area (Å²) in [5, 5.41) is 11.8. The van der Waals surface area contributed by atoms with Gasteiger partial charge in [-0.05, 0) is 72.5 Å². The van der Waals surface area contributed by atoms with Crippen LogP contribution >= 0.6 is 22.6 Å². The molecule has 5 nitrogen and oxygen atoms in total. The van der Waals surface area contributed by atoms with Crippen molar-refractivity contribution >= 4 is 34.5 Å². The summed E-state index contributed by atoms with van der Waals surface area (Å²) in [4.78, 5) is 23.6. The van der Waals surface area contributed by atoms with E-state index in [4.69, 9.17) is 10.00 Å². The van der Waals surface area contributed by atoms with Crippen LogP contribution in [0.2, 0.25) is 0 Å². The SMILES string of the molecule is C[C@](C#N)(NC(=O)COC(=O)c1ccc(I)cc1)C1CC1. The Morgan fingerprint density at radius 3 is 2.57 bits per heavy atom. The minimum Gasteiger partial charge on any atom is -0.452 e. The monoisotopic (exact) mass is 398 g/mol. The fourth-order valence-corrected chi connectivity index (χ4v) is 2.37. The van der Waals surface area contributed by atoms with Crippen molar-refractivity contribution in [3.8, 4) is 6.07 Å². The summed E-state index contributed by atoms with van der Waals surface area (Å²) in [5.41, 5.74) is -0.472. The zero-order valence-electron chi connectivity index (χ0n) is 11.6. The van der Waals surface area contributed by atoms with Crippen LogP contribution in [0.25, 0.3) is 0 Å². The molecule has 2 rings (SSSR count). The van der Waals surface area contributed by atoms with E-state index >= 15 is 0 Å². The van der Waals surface area contributed by atoms with Gasteiger partial charge in [-0.25, -0.2) is 4.79 Å². The van der Waals surface area contributed by atoms with E-state index in [1.54, 1.807) is 31.2 Å². The molecule has 1 fully saturated rings. The number of esters is 1. The molecule has 0 aromatic heterocycles. The first-order valence-electron chi connectivity index (χ1n) is 6.59. The lowest BCUT2D eigenvalue weighted by molar-refractivity contribution is -0.125. The molecule has 0 bridgehead atoms. The maximum absolute atomic E-state index is 11.8. The van der Waals surface area contributed by atoms with Crippen LogP contribution in [0.1, 0.15) is 30.1 Å². The number of benzene rings is 1. The van der Waals surface area contributed by atoms with Crippen LogP contribution in [0.5, 0.6) is 0 Å². The third-order valence-electron chi connectivity index (χ3n) is 3.44. The molecule has 1 amide bonds. The van der Waals surface area contributed by atoms with Crippen LogP contribution in [0, 0.1) is 20.8 Å². The smallest absolute Gasteiger partial charge is 0.338 e. The first-order chi connectivity index (χ1) is 9.94. The number of ether oxygens (including phenoxy) is 1. The van der Waals surface area contributed by atoms with Gasteiger partial charge in [0.2, 0.25) is 0 Å². The van der Waals surface area contributed by atoms with E-state index in [0.29, 0.717) is 5.56 Å². The standard InChI is InChI=1S/C15H15IN2O3/c1-15(9-17,11-4-5-11)18-13(19)8-21-14(20)10-2-6-12(16)7-3-10/h2-3,6-7,11H,4-5,8H2,1H3,(H,18,19)/t15-/m1/s1. The zero-order chi connectivity index (χ0) is 15.5. The van der Waals surface area contributed by atoms with Gasteiger partial charge in [0.15, 0.2) is 6.61 Å². The average Bonchev–Trinajstić information content (AvgIpc) is 3.30. The molecule has 6 heteroatoms. The second-order valence-electron chi connectivity index (χ2n) is 5.22. The highest BCUT2D eigenvalue weighted by Gasteiger charge is 2.43. The van der Waals surface area contributed by atoms with Crippen LogP contribution in [0.3, 0.4) is 0 Å². The van der Waals surface area contributed by atoms with Gasteiger partial charge in [0.05, 0.1) is 11.6 Å². The highest BCUT2D eigenvalue weighted by molar-refractivity contribution is 14.1. The molecule has 1 N–H and O–H groups in total. The van der Waals surface area contributed by atoms with Crippen molar-refractivity contribution < 1.29 is 14.3 Å². The molecular formula is C15H15IN2O3. The summed E-state index contributed by atoms with van der Waals surface area (Å²) in [7, 11) is 0. The topological polar surface area (TPSA) is 79.2 Å². The van der Waals surface area contributed by atoms with Gasteiger partial charge in [0.1, 0.15) is 5.54 Å². The van der Waals surface area contributed by atoms with Crippen LogP contribution in [0.4, 0.5) is 0 Å². The van der Waals surface area contributed by atoms with Crippen molar-refractivity contribution in [2.45, 2.75) is 25.3 Å². The highest BCUT2D eigenvalue weighted by Crippen LogP contribution is 2.39. The summed E-state index contributed by atoms with van der Waals surface area (Å²) in [6, 6.07) is 8.99. The van der Waals surface area contributed by atoms with E-state index in [-0.39, 0.29) is 12.5 Å². The number of carbonyl (C=O) groups is 2. The van der Waals surface area contributed by atoms with Crippen LogP contribution < -0.4 is 5.32 Å². The van der Waals surface area contributed by atoms with Crippen LogP contribution in [0.15, 0.2) is 24.3 Å². The predicted octanol–water partition coefficient (Wildman–Crippen LogP) is 2.26. The normalized spacial score (nSPS) is 16.4. The van der Waals surface area contributed by atoms with Crippen LogP contribution in [-0.4, -0.2) is 24.0 Å². The average molecular weight is 398 g/mol. The molecular weight excluding hydrogens is 383 g/mol. The van der Waals surface area contributed by atoms with Gasteiger partial charge < -0.3 is 10.1 Å². The Labute approximate surface area is 136 Å². The lowest BCUT2D eigenvalue weighted by Gasteiger charge is -2.22. The van der Waals surface area contributed by atoms with E-state index in [2.05, 4.69) is 34.0 Å². The molecule has 110 valence electrons. The van der Waals surface area contributed by atoms with E-state index in [1.165, 1.54) is 0 Å². The Kier molecular flexibility index (Phi) is 4.83. The molecule has 0 unspecified atom stereocenters. The lowest BCUT2D eigenvalue weighted by Crippen LogP contribution is -2.48. The van der Waals surface area contributed by atoms with Crippen molar-refractivity contribution in [3.63, 3.8) is 0 Å². The molecule has 1 aromatic carbocycles. The molecule has 1 aliphatic carbocycles. The fraction of sp³-hybridized carbons (Fsp3) is 0.400. The number of nitriles is 1. The van der Waals surface area contributed by atoms with E-state index in [1.807, 2.05) is 0 Å². The number of amides is 1. The minimum absolute atomic E-state index is 0.193. The zero-order valence-corrected chi connectivity index (χ0v) is 13.7. The number of nitrogens with one attached hydrogen (secondary N) is 1. The molecule has 0 saturated heterocycles. The minimum atomic E-state index is -0.869. The highest BCUT2D eigenvalue weighted by atomic mass is 127. The van der Waals surface area contributed by atoms with Crippen molar-refractivity contribution in [2.24, 2.45) is 5.92 Å². The van der Waals surface area contributed by atoms with Crippen LogP contribution in [-0.2, 0) is 9.53 Å². The molecule has 21 heavy (non-hydrogen) atoms. The van der Waals surface area contributed by atoms with E-state index < -0.39 is 17.4 Å². The third kappa shape index (κ3) is 4.17. The quantitative estimate of drug-likeness (QED) is 0.610. The maximum Gasteiger partial charge on any atom is 0.338 e. The number of hydrogen-bond acceptors (Lipinski definition) is 4. The van der Waals surface area contributed by atoms with E-state index in [0.717, 1.165) is 16.4 Å². The molecule has 0 spiro atoms. The van der Waals surface area contributed by atoms with Crippen molar-refractivity contribution in [3.05, 3.63) is 33.4 Å². The summed E-state index contributed by atoms with van der Waals surface area (Å²) in [5.74, 6) is -0.810. The first-order valence-corrected chi connectivity index (χ1v) is 7.67. The first kappa shape index (κ1) is 15.8. The molecule has 1 aromatic rings. The van der Waals surface area contributed by atoms with E-state index in [9.17, 15) is 9.59 Å². The predicted molar refractivity (Wildman–Crippen MR) is 84.3 cm³/mol. The Balaban J connectivity index is 1.85. The van der Waals surface area contributed by atoms with Gasteiger partial charge in [0.25, 0.3) is 5.91 Å². The lowest BCUT2D eigenvalue weighted by atomic mass is 9.98. The summed E-state index contributed by atoms with van der Waals surface area (Å²) in [6.07, 6.45) is 1.87. The van der Waals surface area contributed by atoms with Crippen molar-refractivity contribution in [1.29, 1.82) is 5.26 Å². The molecule has 0 aliphatic heterocycles. The Morgan fingerprint density at radius 1 is 1.43 bits per heavy atom. The van der Waals surface area contributed by atoms with Gasteiger partial charge in [-0.15, -0.1) is 0 Å². The molecule has 1 aliphatic rings. The number of nitrogens with zero attached hydrogens (tertiary/aromatic N) is 1. The largest absolute Gasteiger partial charge is 0.452 e. The Bertz CT molecular complexity index is 590. The maximum atomic E-state index is 11.8. The molecule has 1 saturated carbocycles. The number of carbonyl (C=O) groups excluding carboxylic acids is 2. The number of hydrogen-bond donors (Lipinski definition) is 1. The second-order valence-corrected chi connectivity index (χ2v) is 6.47. The van der Waals surface area contributed by atoms with Gasteiger partial charge in [-0.1, -0.05) is 0 Å². The van der Waals surface area contributed by atoms with Gasteiger partial charge in [-0.2, -0.15) is 5.26 Å². The number of rotatable bonds is 5. The molecule has 0 radical (unpaired) electrons. The summed E-state index contributed by atoms with van der Waals surface area (Å²) < 4.78 is 5.97. The fourth-order valence-electron chi connectivity index (χ4n) is 2.01. The molecule has 1 atom stereocenters. The van der Waals surface area contributed by atoms with Gasteiger partial charge in [0, 0.05) is 3.57 Å². The number of halogens is 1. The summed E-state index contributed by atoms with van der Waals surface area (Å²) in [6.45, 7) is 1.32. The second kappa shape index (κ2) is 6.43. The van der Waals surface area contributed by atoms with Crippen molar-refractivity contribution in [1.82, 2.24) is 5.32 Å². The Morgan fingerprint density at radius 2 is 2.05 bits per heavy atom. The van der Waals surface area contributed by atoms with Gasteiger partial charge in [-0.3, -0.25) is 4.79 Å². The van der Waals surface area contributed by atoms with Crippen molar-refractivity contribution in [2.75, 3.05) is 6.61 Å². The van der Waals surface area contributed by atoms with Gasteiger partial charge >= 0.3 is 5.97 Å². The summed E-state index contributed by atoms with van der Waals surface area (Å²) >= 11 is 2.14. The molecule has 0 heterocycles. The third-order valence-corrected chi connectivity index (χ3v) is 4.16.